The summed E-state index contributed by atoms with van der Waals surface area (Å²) in [7, 11) is 0. The van der Waals surface area contributed by atoms with Crippen LogP contribution in [0.25, 0.3) is 6.08 Å². The Morgan fingerprint density at radius 3 is 2.48 bits per heavy atom. The molecule has 132 valence electrons. The molecule has 3 aromatic rings. The highest BCUT2D eigenvalue weighted by atomic mass is 79.9. The zero-order valence-corrected chi connectivity index (χ0v) is 15.6. The molecule has 0 aliphatic carbocycles. The Hall–Kier alpha value is -3.18. The number of ketones is 1. The van der Waals surface area contributed by atoms with Crippen LogP contribution in [0.4, 0.5) is 0 Å². The van der Waals surface area contributed by atoms with Crippen molar-refractivity contribution in [2.45, 2.75) is 0 Å². The molecule has 0 fully saturated rings. The molecule has 0 spiro atoms. The van der Waals surface area contributed by atoms with E-state index in [4.69, 9.17) is 9.47 Å². The molecule has 5 heteroatoms. The van der Waals surface area contributed by atoms with E-state index in [9.17, 15) is 9.59 Å². The fraction of sp³-hybridized carbons (Fsp3) is 0. The van der Waals surface area contributed by atoms with Crippen molar-refractivity contribution in [2.24, 2.45) is 0 Å². The van der Waals surface area contributed by atoms with E-state index in [2.05, 4.69) is 15.9 Å². The Kier molecular flexibility index (Phi) is 4.60. The summed E-state index contributed by atoms with van der Waals surface area (Å²) in [6, 6.07) is 21.0. The summed E-state index contributed by atoms with van der Waals surface area (Å²) in [6.07, 6.45) is 1.68. The summed E-state index contributed by atoms with van der Waals surface area (Å²) in [5.74, 6) is 0.239. The Bertz CT molecular complexity index is 1070. The van der Waals surface area contributed by atoms with Gasteiger partial charge in [0.1, 0.15) is 11.5 Å². The van der Waals surface area contributed by atoms with Gasteiger partial charge in [0.15, 0.2) is 5.76 Å². The molecule has 0 atom stereocenters. The van der Waals surface area contributed by atoms with Crippen LogP contribution in [0.1, 0.15) is 26.3 Å². The Morgan fingerprint density at radius 2 is 1.70 bits per heavy atom. The van der Waals surface area contributed by atoms with Gasteiger partial charge in [-0.1, -0.05) is 52.3 Å². The predicted octanol–water partition coefficient (Wildman–Crippen LogP) is 5.28. The highest BCUT2D eigenvalue weighted by Gasteiger charge is 2.28. The largest absolute Gasteiger partial charge is 0.452 e. The van der Waals surface area contributed by atoms with Gasteiger partial charge in [-0.25, -0.2) is 4.79 Å². The lowest BCUT2D eigenvalue weighted by molar-refractivity contribution is 0.0734. The summed E-state index contributed by atoms with van der Waals surface area (Å²) in [6.45, 7) is 0. The molecule has 0 saturated heterocycles. The molecular weight excluding hydrogens is 408 g/mol. The van der Waals surface area contributed by atoms with Gasteiger partial charge >= 0.3 is 5.97 Å². The number of fused-ring (bicyclic) bond motifs is 1. The van der Waals surface area contributed by atoms with E-state index >= 15 is 0 Å². The van der Waals surface area contributed by atoms with Crippen LogP contribution in [0.15, 0.2) is 83.0 Å². The first kappa shape index (κ1) is 17.2. The minimum Gasteiger partial charge on any atom is -0.452 e. The lowest BCUT2D eigenvalue weighted by atomic mass is 10.1. The van der Waals surface area contributed by atoms with Crippen LogP contribution in [0.2, 0.25) is 0 Å². The third-order valence-corrected chi connectivity index (χ3v) is 4.78. The highest BCUT2D eigenvalue weighted by molar-refractivity contribution is 9.10. The second kappa shape index (κ2) is 7.21. The molecule has 0 amide bonds. The average molecular weight is 421 g/mol. The predicted molar refractivity (Wildman–Crippen MR) is 105 cm³/mol. The summed E-state index contributed by atoms with van der Waals surface area (Å²) in [4.78, 5) is 24.7. The SMILES string of the molecule is O=C(Oc1ccc2c(c1)OC(=Cc1ccccc1Br)C2=O)c1ccccc1. The third-order valence-electron chi connectivity index (χ3n) is 4.05. The second-order valence-electron chi connectivity index (χ2n) is 5.87. The molecule has 0 N–H and O–H groups in total. The summed E-state index contributed by atoms with van der Waals surface area (Å²) < 4.78 is 11.9. The van der Waals surface area contributed by atoms with Gasteiger partial charge in [0.05, 0.1) is 11.1 Å². The van der Waals surface area contributed by atoms with E-state index < -0.39 is 5.97 Å². The van der Waals surface area contributed by atoms with Crippen molar-refractivity contribution in [1.29, 1.82) is 0 Å². The minimum absolute atomic E-state index is 0.207. The Morgan fingerprint density at radius 1 is 0.963 bits per heavy atom. The zero-order valence-electron chi connectivity index (χ0n) is 14.0. The van der Waals surface area contributed by atoms with Crippen LogP contribution in [-0.2, 0) is 0 Å². The molecule has 3 aromatic carbocycles. The van der Waals surface area contributed by atoms with Crippen LogP contribution in [-0.4, -0.2) is 11.8 Å². The van der Waals surface area contributed by atoms with Crippen LogP contribution < -0.4 is 9.47 Å². The molecule has 0 unspecified atom stereocenters. The summed E-state index contributed by atoms with van der Waals surface area (Å²) in [5.41, 5.74) is 1.72. The fourth-order valence-electron chi connectivity index (χ4n) is 2.70. The van der Waals surface area contributed by atoms with Gasteiger partial charge in [-0.2, -0.15) is 0 Å². The molecular formula is C22H13BrO4. The topological polar surface area (TPSA) is 52.6 Å². The van der Waals surface area contributed by atoms with Gasteiger partial charge in [-0.05, 0) is 42.0 Å². The number of hydrogen-bond donors (Lipinski definition) is 0. The van der Waals surface area contributed by atoms with E-state index in [1.165, 1.54) is 0 Å². The fourth-order valence-corrected chi connectivity index (χ4v) is 3.10. The van der Waals surface area contributed by atoms with E-state index in [1.54, 1.807) is 48.5 Å². The summed E-state index contributed by atoms with van der Waals surface area (Å²) in [5, 5.41) is 0. The normalized spacial score (nSPS) is 14.0. The number of Topliss-reactive ketones (excluding diaryl/α,β-unsaturated/α-hetero) is 1. The molecule has 4 rings (SSSR count). The third kappa shape index (κ3) is 3.55. The molecule has 1 heterocycles. The lowest BCUT2D eigenvalue weighted by Crippen LogP contribution is -2.08. The average Bonchev–Trinajstić information content (AvgIpc) is 2.99. The number of allylic oxidation sites excluding steroid dienone is 1. The number of halogens is 1. The standard InChI is InChI=1S/C22H13BrO4/c23-18-9-5-4-8-15(18)12-20-21(24)17-11-10-16(13-19(17)27-20)26-22(25)14-6-2-1-3-7-14/h1-13H. The second-order valence-corrected chi connectivity index (χ2v) is 6.73. The Labute approximate surface area is 164 Å². The molecule has 0 bridgehead atoms. The molecule has 27 heavy (non-hydrogen) atoms. The first-order valence-corrected chi connectivity index (χ1v) is 9.01. The van der Waals surface area contributed by atoms with Gasteiger partial charge < -0.3 is 9.47 Å². The van der Waals surface area contributed by atoms with E-state index in [-0.39, 0.29) is 11.5 Å². The zero-order chi connectivity index (χ0) is 18.8. The van der Waals surface area contributed by atoms with Crippen LogP contribution in [0.5, 0.6) is 11.5 Å². The summed E-state index contributed by atoms with van der Waals surface area (Å²) >= 11 is 3.45. The number of esters is 1. The van der Waals surface area contributed by atoms with E-state index in [1.807, 2.05) is 30.3 Å². The van der Waals surface area contributed by atoms with Crippen molar-refractivity contribution in [3.05, 3.63) is 99.7 Å². The van der Waals surface area contributed by atoms with Gasteiger partial charge in [0, 0.05) is 10.5 Å². The first-order chi connectivity index (χ1) is 13.1. The molecule has 0 aromatic heterocycles. The van der Waals surface area contributed by atoms with Crippen molar-refractivity contribution >= 4 is 33.8 Å². The van der Waals surface area contributed by atoms with E-state index in [0.717, 1.165) is 10.0 Å². The van der Waals surface area contributed by atoms with Crippen molar-refractivity contribution in [1.82, 2.24) is 0 Å². The monoisotopic (exact) mass is 420 g/mol. The minimum atomic E-state index is -0.469. The van der Waals surface area contributed by atoms with Crippen molar-refractivity contribution in [2.75, 3.05) is 0 Å². The van der Waals surface area contributed by atoms with E-state index in [0.29, 0.717) is 22.6 Å². The van der Waals surface area contributed by atoms with Crippen molar-refractivity contribution in [3.63, 3.8) is 0 Å². The number of carbonyl (C=O) groups is 2. The molecule has 4 nitrogen and oxygen atoms in total. The quantitative estimate of drug-likeness (QED) is 0.328. The number of benzene rings is 3. The molecule has 1 aliphatic rings. The van der Waals surface area contributed by atoms with Crippen LogP contribution >= 0.6 is 15.9 Å². The smallest absolute Gasteiger partial charge is 0.343 e. The van der Waals surface area contributed by atoms with Crippen LogP contribution in [0, 0.1) is 0 Å². The molecule has 0 radical (unpaired) electrons. The number of hydrogen-bond acceptors (Lipinski definition) is 4. The number of carbonyl (C=O) groups excluding carboxylic acids is 2. The lowest BCUT2D eigenvalue weighted by Gasteiger charge is -2.05. The highest BCUT2D eigenvalue weighted by Crippen LogP contribution is 2.35. The van der Waals surface area contributed by atoms with Gasteiger partial charge in [-0.3, -0.25) is 4.79 Å². The maximum absolute atomic E-state index is 12.6. The maximum atomic E-state index is 12.6. The van der Waals surface area contributed by atoms with Crippen molar-refractivity contribution in [3.8, 4) is 11.5 Å². The van der Waals surface area contributed by atoms with Crippen molar-refractivity contribution < 1.29 is 19.1 Å². The first-order valence-electron chi connectivity index (χ1n) is 8.22. The molecule has 1 aliphatic heterocycles. The van der Waals surface area contributed by atoms with Gasteiger partial charge in [0.25, 0.3) is 0 Å². The number of ether oxygens (including phenoxy) is 2. The molecule has 0 saturated carbocycles. The van der Waals surface area contributed by atoms with Crippen LogP contribution in [0.3, 0.4) is 0 Å². The Balaban J connectivity index is 1.58. The number of rotatable bonds is 3. The maximum Gasteiger partial charge on any atom is 0.343 e. The van der Waals surface area contributed by atoms with Gasteiger partial charge in [-0.15, -0.1) is 0 Å². The van der Waals surface area contributed by atoms with Gasteiger partial charge in [0.2, 0.25) is 5.78 Å².